The molecule has 5 heteroatoms. The maximum Gasteiger partial charge on any atom is 0.274 e. The lowest BCUT2D eigenvalue weighted by molar-refractivity contribution is 0.102. The quantitative estimate of drug-likeness (QED) is 0.901. The molecule has 1 aromatic heterocycles. The Hall–Kier alpha value is -2.43. The summed E-state index contributed by atoms with van der Waals surface area (Å²) in [5.74, 6) is 0.250. The third-order valence-electron chi connectivity index (χ3n) is 3.42. The molecule has 2 N–H and O–H groups in total. The molecule has 122 valence electrons. The molecule has 0 atom stereocenters. The number of carbonyl (C=O) groups is 1. The fraction of sp³-hybridized carbons (Fsp3) is 0.389. The molecule has 1 aromatic carbocycles. The lowest BCUT2D eigenvalue weighted by Gasteiger charge is -2.14. The molecule has 0 spiro atoms. The van der Waals surface area contributed by atoms with Crippen molar-refractivity contribution in [3.8, 4) is 0 Å². The van der Waals surface area contributed by atoms with Gasteiger partial charge < -0.3 is 10.6 Å². The van der Waals surface area contributed by atoms with Gasteiger partial charge in [0.1, 0.15) is 5.69 Å². The van der Waals surface area contributed by atoms with Crippen LogP contribution in [0.15, 0.2) is 18.2 Å². The number of aromatic nitrogens is 2. The van der Waals surface area contributed by atoms with Crippen molar-refractivity contribution in [2.75, 3.05) is 10.6 Å². The molecule has 23 heavy (non-hydrogen) atoms. The van der Waals surface area contributed by atoms with E-state index in [-0.39, 0.29) is 11.9 Å². The zero-order valence-electron chi connectivity index (χ0n) is 14.6. The van der Waals surface area contributed by atoms with Crippen molar-refractivity contribution >= 4 is 17.5 Å². The molecule has 0 bridgehead atoms. The Labute approximate surface area is 137 Å². The first-order valence-corrected chi connectivity index (χ1v) is 7.77. The summed E-state index contributed by atoms with van der Waals surface area (Å²) >= 11 is 0. The highest BCUT2D eigenvalue weighted by atomic mass is 16.1. The van der Waals surface area contributed by atoms with Gasteiger partial charge in [0.15, 0.2) is 0 Å². The van der Waals surface area contributed by atoms with Crippen molar-refractivity contribution in [1.29, 1.82) is 0 Å². The molecule has 1 heterocycles. The Balaban J connectivity index is 2.29. The van der Waals surface area contributed by atoms with E-state index in [0.29, 0.717) is 11.6 Å². The number of hydrogen-bond donors (Lipinski definition) is 2. The monoisotopic (exact) mass is 312 g/mol. The molecule has 0 saturated carbocycles. The maximum absolute atomic E-state index is 12.6. The number of hydrogen-bond acceptors (Lipinski definition) is 4. The molecule has 5 nitrogen and oxygen atoms in total. The number of aryl methyl sites for hydroxylation is 4. The Morgan fingerprint density at radius 3 is 2.17 bits per heavy atom. The summed E-state index contributed by atoms with van der Waals surface area (Å²) in [5, 5.41) is 6.11. The van der Waals surface area contributed by atoms with Gasteiger partial charge in [-0.1, -0.05) is 17.7 Å². The Morgan fingerprint density at radius 1 is 1.00 bits per heavy atom. The molecule has 0 aliphatic carbocycles. The third kappa shape index (κ3) is 4.28. The fourth-order valence-corrected chi connectivity index (χ4v) is 2.56. The molecule has 2 aromatic rings. The number of amides is 1. The number of carbonyl (C=O) groups excluding carboxylic acids is 1. The fourth-order valence-electron chi connectivity index (χ4n) is 2.56. The van der Waals surface area contributed by atoms with Gasteiger partial charge in [-0.3, -0.25) is 4.79 Å². The molecular formula is C18H24N4O. The highest BCUT2D eigenvalue weighted by Crippen LogP contribution is 2.22. The number of nitrogens with one attached hydrogen (secondary N) is 2. The van der Waals surface area contributed by atoms with Crippen molar-refractivity contribution < 1.29 is 4.79 Å². The van der Waals surface area contributed by atoms with Crippen LogP contribution in [-0.4, -0.2) is 21.9 Å². The highest BCUT2D eigenvalue weighted by Gasteiger charge is 2.14. The van der Waals surface area contributed by atoms with Gasteiger partial charge in [-0.05, 0) is 58.7 Å². The first-order valence-electron chi connectivity index (χ1n) is 7.77. The topological polar surface area (TPSA) is 66.9 Å². The number of rotatable bonds is 4. The van der Waals surface area contributed by atoms with Gasteiger partial charge >= 0.3 is 0 Å². The zero-order chi connectivity index (χ0) is 17.1. The molecule has 0 fully saturated rings. The van der Waals surface area contributed by atoms with Gasteiger partial charge in [-0.25, -0.2) is 9.97 Å². The van der Waals surface area contributed by atoms with E-state index in [4.69, 9.17) is 0 Å². The molecular weight excluding hydrogens is 288 g/mol. The minimum Gasteiger partial charge on any atom is -0.352 e. The number of nitrogens with zero attached hydrogens (tertiary/aromatic N) is 2. The van der Waals surface area contributed by atoms with E-state index in [0.717, 1.165) is 22.5 Å². The van der Waals surface area contributed by atoms with Crippen molar-refractivity contribution in [2.24, 2.45) is 0 Å². The van der Waals surface area contributed by atoms with Gasteiger partial charge in [-0.15, -0.1) is 0 Å². The van der Waals surface area contributed by atoms with Crippen molar-refractivity contribution in [1.82, 2.24) is 9.97 Å². The van der Waals surface area contributed by atoms with Gasteiger partial charge in [-0.2, -0.15) is 0 Å². The molecule has 0 unspecified atom stereocenters. The van der Waals surface area contributed by atoms with Crippen molar-refractivity contribution in [3.05, 3.63) is 46.3 Å². The van der Waals surface area contributed by atoms with Gasteiger partial charge in [0.25, 0.3) is 5.91 Å². The van der Waals surface area contributed by atoms with E-state index in [1.54, 1.807) is 6.07 Å². The smallest absolute Gasteiger partial charge is 0.274 e. The van der Waals surface area contributed by atoms with E-state index in [2.05, 4.69) is 32.7 Å². The molecule has 2 rings (SSSR count). The van der Waals surface area contributed by atoms with Gasteiger partial charge in [0.05, 0.1) is 0 Å². The van der Waals surface area contributed by atoms with Crippen LogP contribution in [0.2, 0.25) is 0 Å². The Kier molecular flexibility index (Phi) is 4.98. The number of anilines is 2. The second kappa shape index (κ2) is 6.77. The van der Waals surface area contributed by atoms with Crippen LogP contribution in [-0.2, 0) is 0 Å². The summed E-state index contributed by atoms with van der Waals surface area (Å²) < 4.78 is 0. The second-order valence-corrected chi connectivity index (χ2v) is 6.25. The van der Waals surface area contributed by atoms with Crippen LogP contribution in [0.1, 0.15) is 46.7 Å². The van der Waals surface area contributed by atoms with Crippen LogP contribution in [0.5, 0.6) is 0 Å². The normalized spacial score (nSPS) is 10.7. The second-order valence-electron chi connectivity index (χ2n) is 6.25. The van der Waals surface area contributed by atoms with Crippen LogP contribution in [0.3, 0.4) is 0 Å². The average molecular weight is 312 g/mol. The van der Waals surface area contributed by atoms with Crippen LogP contribution in [0.4, 0.5) is 11.6 Å². The van der Waals surface area contributed by atoms with Gasteiger partial charge in [0, 0.05) is 17.4 Å². The minimum atomic E-state index is -0.225. The first kappa shape index (κ1) is 16.9. The summed E-state index contributed by atoms with van der Waals surface area (Å²) in [5.41, 5.74) is 5.23. The third-order valence-corrected chi connectivity index (χ3v) is 3.42. The summed E-state index contributed by atoms with van der Waals surface area (Å²) in [7, 11) is 0. The predicted molar refractivity (Wildman–Crippen MR) is 94.1 cm³/mol. The highest BCUT2D eigenvalue weighted by molar-refractivity contribution is 6.04. The van der Waals surface area contributed by atoms with Crippen LogP contribution in [0.25, 0.3) is 0 Å². The standard InChI is InChI=1S/C18H24N4O/c1-10(2)19-18-20-14(6)9-15(21-18)17(23)22-16-12(4)7-11(3)8-13(16)5/h7-10H,1-6H3,(H,22,23)(H,19,20,21). The average Bonchev–Trinajstić information content (AvgIpc) is 2.41. The summed E-state index contributed by atoms with van der Waals surface area (Å²) in [4.78, 5) is 21.2. The molecule has 0 saturated heterocycles. The molecule has 0 aliphatic rings. The van der Waals surface area contributed by atoms with E-state index >= 15 is 0 Å². The van der Waals surface area contributed by atoms with E-state index < -0.39 is 0 Å². The maximum atomic E-state index is 12.6. The van der Waals surface area contributed by atoms with E-state index in [1.165, 1.54) is 5.56 Å². The summed E-state index contributed by atoms with van der Waals surface area (Å²) in [6.45, 7) is 11.9. The summed E-state index contributed by atoms with van der Waals surface area (Å²) in [6, 6.07) is 6.01. The molecule has 1 amide bonds. The summed E-state index contributed by atoms with van der Waals surface area (Å²) in [6.07, 6.45) is 0. The Morgan fingerprint density at radius 2 is 1.61 bits per heavy atom. The lowest BCUT2D eigenvalue weighted by atomic mass is 10.0. The largest absolute Gasteiger partial charge is 0.352 e. The number of benzene rings is 1. The molecule has 0 aliphatic heterocycles. The van der Waals surface area contributed by atoms with Crippen LogP contribution in [0, 0.1) is 27.7 Å². The van der Waals surface area contributed by atoms with Crippen LogP contribution < -0.4 is 10.6 Å². The van der Waals surface area contributed by atoms with E-state index in [9.17, 15) is 4.79 Å². The zero-order valence-corrected chi connectivity index (χ0v) is 14.6. The van der Waals surface area contributed by atoms with Crippen molar-refractivity contribution in [3.63, 3.8) is 0 Å². The van der Waals surface area contributed by atoms with E-state index in [1.807, 2.05) is 41.5 Å². The predicted octanol–water partition coefficient (Wildman–Crippen LogP) is 3.78. The van der Waals surface area contributed by atoms with Crippen molar-refractivity contribution in [2.45, 2.75) is 47.6 Å². The van der Waals surface area contributed by atoms with Crippen LogP contribution >= 0.6 is 0 Å². The van der Waals surface area contributed by atoms with Gasteiger partial charge in [0.2, 0.25) is 5.95 Å². The Bertz CT molecular complexity index is 715. The molecule has 0 radical (unpaired) electrons. The lowest BCUT2D eigenvalue weighted by Crippen LogP contribution is -2.19. The SMILES string of the molecule is Cc1cc(C)c(NC(=O)c2cc(C)nc(NC(C)C)n2)c(C)c1. The minimum absolute atomic E-state index is 0.203. The first-order chi connectivity index (χ1) is 10.8.